The van der Waals surface area contributed by atoms with Gasteiger partial charge in [-0.05, 0) is 0 Å². The molecule has 2 heterocycles. The second-order valence-electron chi connectivity index (χ2n) is 2.29. The van der Waals surface area contributed by atoms with Gasteiger partial charge in [-0.15, -0.1) is 0 Å². The largest absolute Gasteiger partial charge is 0.359 e. The number of hydrogen-bond donors (Lipinski definition) is 3. The van der Waals surface area contributed by atoms with Crippen LogP contribution in [-0.4, -0.2) is 27.2 Å². The van der Waals surface area contributed by atoms with Crippen LogP contribution in [-0.2, 0) is 0 Å². The molecule has 0 atom stereocenters. The normalized spacial score (nSPS) is 10.4. The number of aromatic amines is 2. The van der Waals surface area contributed by atoms with E-state index >= 15 is 0 Å². The number of hydrogen-bond acceptors (Lipinski definition) is 4. The van der Waals surface area contributed by atoms with Crippen LogP contribution in [0.5, 0.6) is 0 Å². The highest BCUT2D eigenvalue weighted by Crippen LogP contribution is 2.02. The van der Waals surface area contributed by atoms with Crippen LogP contribution in [0.3, 0.4) is 0 Å². The summed E-state index contributed by atoms with van der Waals surface area (Å²) in [5.74, 6) is 0.439. The molecule has 0 saturated heterocycles. The van der Waals surface area contributed by atoms with Crippen molar-refractivity contribution >= 4 is 17.0 Å². The Kier molecular flexibility index (Phi) is 1.33. The van der Waals surface area contributed by atoms with E-state index in [-0.39, 0.29) is 5.56 Å². The SMILES string of the molecule is CNc1nc2cn[nH]c2c(=O)[nH]1. The fourth-order valence-electron chi connectivity index (χ4n) is 0.968. The van der Waals surface area contributed by atoms with Crippen molar-refractivity contribution in [3.05, 3.63) is 16.6 Å². The van der Waals surface area contributed by atoms with E-state index in [9.17, 15) is 4.79 Å². The van der Waals surface area contributed by atoms with Crippen LogP contribution in [0, 0.1) is 0 Å². The molecule has 6 heteroatoms. The topological polar surface area (TPSA) is 86.5 Å². The minimum Gasteiger partial charge on any atom is -0.359 e. The van der Waals surface area contributed by atoms with E-state index in [4.69, 9.17) is 0 Å². The summed E-state index contributed by atoms with van der Waals surface area (Å²) in [5.41, 5.74) is 0.735. The maximum absolute atomic E-state index is 11.2. The summed E-state index contributed by atoms with van der Waals surface area (Å²) >= 11 is 0. The lowest BCUT2D eigenvalue weighted by molar-refractivity contribution is 1.10. The number of nitrogens with zero attached hydrogens (tertiary/aromatic N) is 2. The van der Waals surface area contributed by atoms with E-state index in [1.165, 1.54) is 6.20 Å². The van der Waals surface area contributed by atoms with Gasteiger partial charge in [0.1, 0.15) is 11.0 Å². The highest BCUT2D eigenvalue weighted by molar-refractivity contribution is 5.72. The summed E-state index contributed by atoms with van der Waals surface area (Å²) in [6, 6.07) is 0. The van der Waals surface area contributed by atoms with Crippen LogP contribution in [0.2, 0.25) is 0 Å². The first-order chi connectivity index (χ1) is 5.81. The second-order valence-corrected chi connectivity index (χ2v) is 2.29. The Bertz CT molecular complexity index is 456. The number of nitrogens with one attached hydrogen (secondary N) is 3. The molecule has 0 unspecified atom stereocenters. The lowest BCUT2D eigenvalue weighted by Gasteiger charge is -1.96. The molecular weight excluding hydrogens is 158 g/mol. The Morgan fingerprint density at radius 3 is 3.17 bits per heavy atom. The first-order valence-corrected chi connectivity index (χ1v) is 3.42. The molecule has 0 amide bonds. The Hall–Kier alpha value is -1.85. The molecule has 0 fully saturated rings. The minimum atomic E-state index is -0.221. The van der Waals surface area contributed by atoms with Crippen molar-refractivity contribution in [3.8, 4) is 0 Å². The summed E-state index contributed by atoms with van der Waals surface area (Å²) in [4.78, 5) is 17.8. The van der Waals surface area contributed by atoms with Gasteiger partial charge in [0, 0.05) is 7.05 Å². The van der Waals surface area contributed by atoms with Crippen molar-refractivity contribution < 1.29 is 0 Å². The van der Waals surface area contributed by atoms with Crippen LogP contribution >= 0.6 is 0 Å². The molecule has 0 aliphatic carbocycles. The van der Waals surface area contributed by atoms with Crippen molar-refractivity contribution in [2.75, 3.05) is 12.4 Å². The van der Waals surface area contributed by atoms with Crippen molar-refractivity contribution in [3.63, 3.8) is 0 Å². The molecule has 0 aromatic carbocycles. The monoisotopic (exact) mass is 165 g/mol. The third kappa shape index (κ3) is 0.849. The van der Waals surface area contributed by atoms with E-state index in [1.54, 1.807) is 7.05 Å². The highest BCUT2D eigenvalue weighted by Gasteiger charge is 2.02. The van der Waals surface area contributed by atoms with E-state index in [1.807, 2.05) is 0 Å². The average Bonchev–Trinajstić information content (AvgIpc) is 2.52. The number of aromatic nitrogens is 4. The Labute approximate surface area is 67.0 Å². The molecule has 6 nitrogen and oxygen atoms in total. The lowest BCUT2D eigenvalue weighted by atomic mass is 10.5. The fourth-order valence-corrected chi connectivity index (χ4v) is 0.968. The first kappa shape index (κ1) is 6.84. The van der Waals surface area contributed by atoms with Gasteiger partial charge in [0.2, 0.25) is 5.95 Å². The molecule has 0 spiro atoms. The first-order valence-electron chi connectivity index (χ1n) is 3.42. The number of rotatable bonds is 1. The van der Waals surface area contributed by atoms with Crippen molar-refractivity contribution in [1.29, 1.82) is 0 Å². The predicted molar refractivity (Wildman–Crippen MR) is 44.1 cm³/mol. The molecule has 3 N–H and O–H groups in total. The van der Waals surface area contributed by atoms with Gasteiger partial charge >= 0.3 is 0 Å². The van der Waals surface area contributed by atoms with Gasteiger partial charge in [0.15, 0.2) is 0 Å². The predicted octanol–water partition coefficient (Wildman–Crippen LogP) is -0.312. The Balaban J connectivity index is 2.84. The van der Waals surface area contributed by atoms with Crippen LogP contribution in [0.1, 0.15) is 0 Å². The zero-order chi connectivity index (χ0) is 8.55. The Morgan fingerprint density at radius 1 is 1.58 bits per heavy atom. The van der Waals surface area contributed by atoms with Crippen molar-refractivity contribution in [1.82, 2.24) is 20.2 Å². The third-order valence-corrected chi connectivity index (χ3v) is 1.55. The molecule has 2 aromatic heterocycles. The molecule has 2 rings (SSSR count). The van der Waals surface area contributed by atoms with Crippen molar-refractivity contribution in [2.24, 2.45) is 0 Å². The van der Waals surface area contributed by atoms with Gasteiger partial charge in [0.05, 0.1) is 6.20 Å². The molecule has 0 aliphatic heterocycles. The van der Waals surface area contributed by atoms with Crippen LogP contribution in [0.4, 0.5) is 5.95 Å². The van der Waals surface area contributed by atoms with Crippen molar-refractivity contribution in [2.45, 2.75) is 0 Å². The average molecular weight is 165 g/mol. The summed E-state index contributed by atoms with van der Waals surface area (Å²) in [7, 11) is 1.68. The van der Waals surface area contributed by atoms with Gasteiger partial charge in [-0.2, -0.15) is 5.10 Å². The van der Waals surface area contributed by atoms with Gasteiger partial charge in [-0.3, -0.25) is 14.9 Å². The molecule has 0 bridgehead atoms. The second kappa shape index (κ2) is 2.33. The fraction of sp³-hybridized carbons (Fsp3) is 0.167. The minimum absolute atomic E-state index is 0.221. The molecule has 12 heavy (non-hydrogen) atoms. The molecule has 0 radical (unpaired) electrons. The molecule has 0 saturated carbocycles. The zero-order valence-electron chi connectivity index (χ0n) is 6.38. The lowest BCUT2D eigenvalue weighted by Crippen LogP contribution is -2.10. The summed E-state index contributed by atoms with van der Waals surface area (Å²) < 4.78 is 0. The number of anilines is 1. The quantitative estimate of drug-likeness (QED) is 0.541. The van der Waals surface area contributed by atoms with Gasteiger partial charge < -0.3 is 5.32 Å². The van der Waals surface area contributed by atoms with E-state index < -0.39 is 0 Å². The zero-order valence-corrected chi connectivity index (χ0v) is 6.38. The highest BCUT2D eigenvalue weighted by atomic mass is 16.1. The molecule has 62 valence electrons. The standard InChI is InChI=1S/C6H7N5O/c1-7-6-9-3-2-8-11-4(3)5(12)10-6/h2H,1H3,(H,8,11)(H2,7,9,10,12). The van der Waals surface area contributed by atoms with Gasteiger partial charge in [-0.1, -0.05) is 0 Å². The smallest absolute Gasteiger partial charge is 0.278 e. The van der Waals surface area contributed by atoms with E-state index in [2.05, 4.69) is 25.5 Å². The number of H-pyrrole nitrogens is 2. The Morgan fingerprint density at radius 2 is 2.42 bits per heavy atom. The maximum Gasteiger partial charge on any atom is 0.278 e. The molecular formula is C6H7N5O. The summed E-state index contributed by atoms with van der Waals surface area (Å²) in [6.45, 7) is 0. The van der Waals surface area contributed by atoms with Crippen LogP contribution in [0.25, 0.3) is 11.0 Å². The summed E-state index contributed by atoms with van der Waals surface area (Å²) in [6.07, 6.45) is 1.51. The molecule has 2 aromatic rings. The third-order valence-electron chi connectivity index (χ3n) is 1.55. The van der Waals surface area contributed by atoms with Gasteiger partial charge in [-0.25, -0.2) is 4.98 Å². The summed E-state index contributed by atoms with van der Waals surface area (Å²) in [5, 5.41) is 9.00. The molecule has 0 aliphatic rings. The van der Waals surface area contributed by atoms with E-state index in [0.717, 1.165) is 0 Å². The number of fused-ring (bicyclic) bond motifs is 1. The van der Waals surface area contributed by atoms with E-state index in [0.29, 0.717) is 17.0 Å². The van der Waals surface area contributed by atoms with Gasteiger partial charge in [0.25, 0.3) is 5.56 Å². The van der Waals surface area contributed by atoms with Crippen LogP contribution in [0.15, 0.2) is 11.0 Å². The van der Waals surface area contributed by atoms with Crippen LogP contribution < -0.4 is 10.9 Å². The maximum atomic E-state index is 11.2.